The van der Waals surface area contributed by atoms with E-state index < -0.39 is 10.0 Å². The molecule has 1 heterocycles. The first-order chi connectivity index (χ1) is 12.0. The summed E-state index contributed by atoms with van der Waals surface area (Å²) in [5.41, 5.74) is 0. The Morgan fingerprint density at radius 2 is 1.96 bits per heavy atom. The maximum absolute atomic E-state index is 12.4. The third-order valence-corrected chi connectivity index (χ3v) is 6.92. The predicted molar refractivity (Wildman–Crippen MR) is 107 cm³/mol. The zero-order valence-electron chi connectivity index (χ0n) is 15.5. The van der Waals surface area contributed by atoms with Crippen molar-refractivity contribution in [3.8, 4) is 0 Å². The van der Waals surface area contributed by atoms with Gasteiger partial charge in [0, 0.05) is 50.8 Å². The highest BCUT2D eigenvalue weighted by Crippen LogP contribution is 2.13. The molecule has 0 aromatic carbocycles. The van der Waals surface area contributed by atoms with E-state index in [2.05, 4.69) is 22.5 Å². The Bertz CT molecular complexity index is 474. The zero-order chi connectivity index (χ0) is 18.5. The van der Waals surface area contributed by atoms with Crippen molar-refractivity contribution in [1.29, 1.82) is 0 Å². The van der Waals surface area contributed by atoms with E-state index in [0.29, 0.717) is 38.1 Å². The van der Waals surface area contributed by atoms with Crippen molar-refractivity contribution >= 4 is 27.7 Å². The summed E-state index contributed by atoms with van der Waals surface area (Å²) in [7, 11) is -3.20. The zero-order valence-corrected chi connectivity index (χ0v) is 17.2. The van der Waals surface area contributed by atoms with Crippen molar-refractivity contribution in [2.24, 2.45) is 10.9 Å². The average Bonchev–Trinajstić information content (AvgIpc) is 2.60. The Labute approximate surface area is 157 Å². The molecule has 1 saturated heterocycles. The molecule has 0 aliphatic carbocycles. The van der Waals surface area contributed by atoms with Crippen LogP contribution in [0.15, 0.2) is 4.99 Å². The number of sulfonamides is 1. The molecule has 0 bridgehead atoms. The molecule has 0 aromatic heterocycles. The van der Waals surface area contributed by atoms with Gasteiger partial charge in [0.1, 0.15) is 0 Å². The van der Waals surface area contributed by atoms with Crippen LogP contribution in [-0.2, 0) is 10.0 Å². The largest absolute Gasteiger partial charge is 0.396 e. The van der Waals surface area contributed by atoms with Crippen LogP contribution in [-0.4, -0.2) is 80.4 Å². The molecule has 9 heteroatoms. The van der Waals surface area contributed by atoms with Crippen molar-refractivity contribution < 1.29 is 13.5 Å². The van der Waals surface area contributed by atoms with Gasteiger partial charge in [0.25, 0.3) is 0 Å². The molecule has 25 heavy (non-hydrogen) atoms. The third-order valence-electron chi connectivity index (χ3n) is 4.10. The fraction of sp³-hybridized carbons (Fsp3) is 0.938. The van der Waals surface area contributed by atoms with Gasteiger partial charge in [-0.1, -0.05) is 13.3 Å². The lowest BCUT2D eigenvalue weighted by molar-refractivity contribution is 0.253. The highest BCUT2D eigenvalue weighted by molar-refractivity contribution is 7.99. The summed E-state index contributed by atoms with van der Waals surface area (Å²) < 4.78 is 26.3. The molecule has 3 N–H and O–H groups in total. The Balaban J connectivity index is 2.49. The number of thioether (sulfide) groups is 1. The lowest BCUT2D eigenvalue weighted by Gasteiger charge is -2.25. The lowest BCUT2D eigenvalue weighted by atomic mass is 10.0. The van der Waals surface area contributed by atoms with Crippen molar-refractivity contribution in [2.45, 2.75) is 33.1 Å². The second kappa shape index (κ2) is 12.8. The summed E-state index contributed by atoms with van der Waals surface area (Å²) in [4.78, 5) is 4.55. The lowest BCUT2D eigenvalue weighted by Crippen LogP contribution is -2.44. The van der Waals surface area contributed by atoms with Crippen LogP contribution in [0.25, 0.3) is 0 Å². The van der Waals surface area contributed by atoms with Crippen molar-refractivity contribution in [2.75, 3.05) is 56.6 Å². The Morgan fingerprint density at radius 3 is 2.56 bits per heavy atom. The smallest absolute Gasteiger partial charge is 0.215 e. The van der Waals surface area contributed by atoms with Gasteiger partial charge >= 0.3 is 0 Å². The predicted octanol–water partition coefficient (Wildman–Crippen LogP) is 0.719. The van der Waals surface area contributed by atoms with Gasteiger partial charge in [-0.25, -0.2) is 12.7 Å². The average molecular weight is 395 g/mol. The molecule has 0 spiro atoms. The van der Waals surface area contributed by atoms with Crippen LogP contribution < -0.4 is 10.6 Å². The van der Waals surface area contributed by atoms with Crippen LogP contribution in [0, 0.1) is 5.92 Å². The summed E-state index contributed by atoms with van der Waals surface area (Å²) in [6, 6.07) is 0. The van der Waals surface area contributed by atoms with E-state index in [1.807, 2.05) is 6.92 Å². The van der Waals surface area contributed by atoms with E-state index in [9.17, 15) is 8.42 Å². The van der Waals surface area contributed by atoms with Gasteiger partial charge in [-0.15, -0.1) is 0 Å². The Morgan fingerprint density at radius 1 is 1.24 bits per heavy atom. The van der Waals surface area contributed by atoms with Crippen LogP contribution in [0.5, 0.6) is 0 Å². The standard InChI is InChI=1S/C16H34N4O3S2/c1-3-5-15(6-10-21)14-19-16(17-4-2)18-7-13-25(22,23)20-8-11-24-12-9-20/h15,21H,3-14H2,1-2H3,(H2,17,18,19). The number of guanidine groups is 1. The minimum Gasteiger partial charge on any atom is -0.396 e. The molecule has 1 aliphatic heterocycles. The van der Waals surface area contributed by atoms with Crippen molar-refractivity contribution in [3.05, 3.63) is 0 Å². The Hall–Kier alpha value is -0.510. The highest BCUT2D eigenvalue weighted by atomic mass is 32.2. The summed E-state index contributed by atoms with van der Waals surface area (Å²) in [5, 5.41) is 15.4. The molecule has 0 radical (unpaired) electrons. The van der Waals surface area contributed by atoms with E-state index in [-0.39, 0.29) is 12.4 Å². The number of hydrogen-bond acceptors (Lipinski definition) is 5. The number of aliphatic imine (C=N–C) groups is 1. The second-order valence-electron chi connectivity index (χ2n) is 6.14. The van der Waals surface area contributed by atoms with Crippen LogP contribution in [0.3, 0.4) is 0 Å². The first-order valence-electron chi connectivity index (χ1n) is 9.22. The quantitative estimate of drug-likeness (QED) is 0.353. The molecule has 1 fully saturated rings. The van der Waals surface area contributed by atoms with E-state index in [1.54, 1.807) is 16.1 Å². The molecular formula is C16H34N4O3S2. The summed E-state index contributed by atoms with van der Waals surface area (Å²) in [6.45, 7) is 7.22. The number of nitrogens with zero attached hydrogens (tertiary/aromatic N) is 2. The molecule has 7 nitrogen and oxygen atoms in total. The maximum Gasteiger partial charge on any atom is 0.215 e. The minimum absolute atomic E-state index is 0.0805. The van der Waals surface area contributed by atoms with Crippen LogP contribution >= 0.6 is 11.8 Å². The first-order valence-corrected chi connectivity index (χ1v) is 12.0. The van der Waals surface area contributed by atoms with E-state index in [0.717, 1.165) is 37.3 Å². The van der Waals surface area contributed by atoms with Gasteiger partial charge in [-0.3, -0.25) is 4.99 Å². The third kappa shape index (κ3) is 9.12. The van der Waals surface area contributed by atoms with Crippen LogP contribution in [0.1, 0.15) is 33.1 Å². The molecule has 1 unspecified atom stereocenters. The molecule has 1 aliphatic rings. The molecule has 148 valence electrons. The molecule has 0 aromatic rings. The summed E-state index contributed by atoms with van der Waals surface area (Å²) in [5.74, 6) is 2.84. The van der Waals surface area contributed by atoms with Gasteiger partial charge < -0.3 is 15.7 Å². The number of aliphatic hydroxyl groups excluding tert-OH is 1. The van der Waals surface area contributed by atoms with Gasteiger partial charge in [-0.05, 0) is 25.7 Å². The van der Waals surface area contributed by atoms with Crippen LogP contribution in [0.2, 0.25) is 0 Å². The SMILES string of the molecule is CCCC(CCO)CN=C(NCC)NCCS(=O)(=O)N1CCSCC1. The van der Waals surface area contributed by atoms with Gasteiger partial charge in [0.05, 0.1) is 5.75 Å². The monoisotopic (exact) mass is 394 g/mol. The molecule has 1 atom stereocenters. The second-order valence-corrected chi connectivity index (χ2v) is 9.45. The fourth-order valence-electron chi connectivity index (χ4n) is 2.73. The van der Waals surface area contributed by atoms with Crippen LogP contribution in [0.4, 0.5) is 0 Å². The summed E-state index contributed by atoms with van der Waals surface area (Å²) in [6.07, 6.45) is 2.85. The Kier molecular flexibility index (Phi) is 11.5. The molecule has 0 amide bonds. The highest BCUT2D eigenvalue weighted by Gasteiger charge is 2.23. The molecular weight excluding hydrogens is 360 g/mol. The summed E-state index contributed by atoms with van der Waals surface area (Å²) >= 11 is 1.80. The van der Waals surface area contributed by atoms with E-state index >= 15 is 0 Å². The first kappa shape index (κ1) is 22.5. The number of rotatable bonds is 11. The minimum atomic E-state index is -3.20. The number of hydrogen-bond donors (Lipinski definition) is 3. The number of nitrogens with one attached hydrogen (secondary N) is 2. The number of aliphatic hydroxyl groups is 1. The normalized spacial score (nSPS) is 18.1. The van der Waals surface area contributed by atoms with E-state index in [4.69, 9.17) is 5.11 Å². The topological polar surface area (TPSA) is 94.0 Å². The van der Waals surface area contributed by atoms with E-state index in [1.165, 1.54) is 0 Å². The van der Waals surface area contributed by atoms with Crippen molar-refractivity contribution in [1.82, 2.24) is 14.9 Å². The molecule has 0 saturated carbocycles. The fourth-order valence-corrected chi connectivity index (χ4v) is 5.22. The molecule has 1 rings (SSSR count). The van der Waals surface area contributed by atoms with Gasteiger partial charge in [0.15, 0.2) is 5.96 Å². The van der Waals surface area contributed by atoms with Crippen molar-refractivity contribution in [3.63, 3.8) is 0 Å². The van der Waals surface area contributed by atoms with Gasteiger partial charge in [-0.2, -0.15) is 11.8 Å². The van der Waals surface area contributed by atoms with Gasteiger partial charge in [0.2, 0.25) is 10.0 Å². The maximum atomic E-state index is 12.4.